The third-order valence-corrected chi connectivity index (χ3v) is 6.50. The van der Waals surface area contributed by atoms with E-state index in [-0.39, 0.29) is 6.08 Å². The van der Waals surface area contributed by atoms with Gasteiger partial charge in [0.05, 0.1) is 6.08 Å². The van der Waals surface area contributed by atoms with Gasteiger partial charge in [-0.3, -0.25) is 0 Å². The second-order valence-corrected chi connectivity index (χ2v) is 8.12. The lowest BCUT2D eigenvalue weighted by molar-refractivity contribution is -0.0821. The molecule has 4 heteroatoms. The van der Waals surface area contributed by atoms with Crippen molar-refractivity contribution in [3.8, 4) is 0 Å². The van der Waals surface area contributed by atoms with Gasteiger partial charge in [0.1, 0.15) is 5.83 Å². The Balaban J connectivity index is 1.77. The van der Waals surface area contributed by atoms with Crippen molar-refractivity contribution in [3.63, 3.8) is 0 Å². The van der Waals surface area contributed by atoms with Gasteiger partial charge in [0.15, 0.2) is 0 Å². The van der Waals surface area contributed by atoms with E-state index in [0.29, 0.717) is 24.7 Å². The van der Waals surface area contributed by atoms with Crippen LogP contribution in [0.2, 0.25) is 0 Å². The summed E-state index contributed by atoms with van der Waals surface area (Å²) in [6, 6.07) is 0. The SMILES string of the molecule is CCCC(C)C1CCC(C2CCC(/C(F)=C/C(F)(F)F)CC2)CC1. The van der Waals surface area contributed by atoms with Crippen LogP contribution >= 0.6 is 0 Å². The van der Waals surface area contributed by atoms with E-state index in [9.17, 15) is 17.6 Å². The molecule has 0 spiro atoms. The van der Waals surface area contributed by atoms with E-state index in [1.54, 1.807) is 0 Å². The molecule has 24 heavy (non-hydrogen) atoms. The van der Waals surface area contributed by atoms with Crippen LogP contribution in [0, 0.1) is 29.6 Å². The van der Waals surface area contributed by atoms with Gasteiger partial charge in [-0.2, -0.15) is 13.2 Å². The quantitative estimate of drug-likeness (QED) is 0.453. The molecule has 0 bridgehead atoms. The summed E-state index contributed by atoms with van der Waals surface area (Å²) in [7, 11) is 0. The van der Waals surface area contributed by atoms with Crippen LogP contribution in [0.4, 0.5) is 17.6 Å². The number of allylic oxidation sites excluding steroid dienone is 2. The lowest BCUT2D eigenvalue weighted by Crippen LogP contribution is -2.28. The Morgan fingerprint density at radius 1 is 0.958 bits per heavy atom. The van der Waals surface area contributed by atoms with Crippen molar-refractivity contribution in [2.45, 2.75) is 84.2 Å². The van der Waals surface area contributed by atoms with Gasteiger partial charge in [-0.15, -0.1) is 0 Å². The van der Waals surface area contributed by atoms with Crippen LogP contribution in [0.15, 0.2) is 11.9 Å². The van der Waals surface area contributed by atoms with E-state index < -0.39 is 17.9 Å². The molecule has 0 heterocycles. The summed E-state index contributed by atoms with van der Waals surface area (Å²) in [6.07, 6.45) is 5.95. The highest BCUT2D eigenvalue weighted by molar-refractivity contribution is 5.03. The van der Waals surface area contributed by atoms with Crippen molar-refractivity contribution >= 4 is 0 Å². The van der Waals surface area contributed by atoms with Crippen LogP contribution in [0.3, 0.4) is 0 Å². The molecule has 1 atom stereocenters. The minimum absolute atomic E-state index is 0.141. The van der Waals surface area contributed by atoms with Gasteiger partial charge < -0.3 is 0 Å². The predicted molar refractivity (Wildman–Crippen MR) is 90.2 cm³/mol. The Morgan fingerprint density at radius 3 is 1.92 bits per heavy atom. The molecule has 140 valence electrons. The minimum atomic E-state index is -4.53. The molecule has 2 saturated carbocycles. The minimum Gasteiger partial charge on any atom is -0.212 e. The molecule has 0 aromatic carbocycles. The lowest BCUT2D eigenvalue weighted by Gasteiger charge is -2.39. The van der Waals surface area contributed by atoms with Gasteiger partial charge >= 0.3 is 6.18 Å². The zero-order chi connectivity index (χ0) is 17.7. The number of hydrogen-bond acceptors (Lipinski definition) is 0. The number of halogens is 4. The fourth-order valence-corrected chi connectivity index (χ4v) is 5.02. The summed E-state index contributed by atoms with van der Waals surface area (Å²) in [5.74, 6) is 1.51. The number of hydrogen-bond donors (Lipinski definition) is 0. The van der Waals surface area contributed by atoms with E-state index in [4.69, 9.17) is 0 Å². The Kier molecular flexibility index (Phi) is 7.18. The first-order chi connectivity index (χ1) is 11.3. The summed E-state index contributed by atoms with van der Waals surface area (Å²) >= 11 is 0. The van der Waals surface area contributed by atoms with Gasteiger partial charge in [0.25, 0.3) is 0 Å². The smallest absolute Gasteiger partial charge is 0.212 e. The zero-order valence-electron chi connectivity index (χ0n) is 15.0. The highest BCUT2D eigenvalue weighted by atomic mass is 19.4. The lowest BCUT2D eigenvalue weighted by atomic mass is 9.67. The van der Waals surface area contributed by atoms with Crippen molar-refractivity contribution in [3.05, 3.63) is 11.9 Å². The van der Waals surface area contributed by atoms with Gasteiger partial charge in [0, 0.05) is 5.92 Å². The first-order valence-corrected chi connectivity index (χ1v) is 9.75. The average molecular weight is 348 g/mol. The van der Waals surface area contributed by atoms with Gasteiger partial charge in [-0.05, 0) is 75.0 Å². The maximum Gasteiger partial charge on any atom is 0.412 e. The Hall–Kier alpha value is -0.540. The molecule has 2 aliphatic carbocycles. The molecule has 0 saturated heterocycles. The van der Waals surface area contributed by atoms with Crippen LogP contribution in [0.5, 0.6) is 0 Å². The fourth-order valence-electron chi connectivity index (χ4n) is 5.02. The summed E-state index contributed by atoms with van der Waals surface area (Å²) in [5.41, 5.74) is 0. The zero-order valence-corrected chi connectivity index (χ0v) is 15.0. The number of rotatable bonds is 5. The van der Waals surface area contributed by atoms with Gasteiger partial charge in [-0.1, -0.05) is 26.7 Å². The van der Waals surface area contributed by atoms with Crippen molar-refractivity contribution in [1.82, 2.24) is 0 Å². The van der Waals surface area contributed by atoms with Crippen LogP contribution in [0.1, 0.15) is 78.1 Å². The van der Waals surface area contributed by atoms with E-state index >= 15 is 0 Å². The van der Waals surface area contributed by atoms with Crippen molar-refractivity contribution in [2.24, 2.45) is 29.6 Å². The van der Waals surface area contributed by atoms with Crippen LogP contribution in [-0.4, -0.2) is 6.18 Å². The first-order valence-electron chi connectivity index (χ1n) is 9.75. The van der Waals surface area contributed by atoms with Crippen molar-refractivity contribution < 1.29 is 17.6 Å². The van der Waals surface area contributed by atoms with Crippen molar-refractivity contribution in [2.75, 3.05) is 0 Å². The Bertz CT molecular complexity index is 396. The third-order valence-electron chi connectivity index (χ3n) is 6.50. The first kappa shape index (κ1) is 19.8. The molecule has 0 nitrogen and oxygen atoms in total. The van der Waals surface area contributed by atoms with E-state index in [1.807, 2.05) is 0 Å². The monoisotopic (exact) mass is 348 g/mol. The maximum absolute atomic E-state index is 13.7. The summed E-state index contributed by atoms with van der Waals surface area (Å²) in [6.45, 7) is 4.61. The van der Waals surface area contributed by atoms with Crippen LogP contribution < -0.4 is 0 Å². The molecule has 2 rings (SSSR count). The fraction of sp³-hybridized carbons (Fsp3) is 0.900. The molecular weight excluding hydrogens is 316 g/mol. The van der Waals surface area contributed by atoms with Gasteiger partial charge in [0.2, 0.25) is 0 Å². The third kappa shape index (κ3) is 5.77. The molecule has 2 aliphatic rings. The maximum atomic E-state index is 13.7. The number of alkyl halides is 3. The molecule has 2 fully saturated rings. The van der Waals surface area contributed by atoms with Gasteiger partial charge in [-0.25, -0.2) is 4.39 Å². The molecular formula is C20H32F4. The molecule has 1 unspecified atom stereocenters. The molecule has 0 amide bonds. The normalized spacial score (nSPS) is 34.2. The predicted octanol–water partition coefficient (Wildman–Crippen LogP) is 7.45. The Labute approximate surface area is 144 Å². The highest BCUT2D eigenvalue weighted by Gasteiger charge is 2.34. The largest absolute Gasteiger partial charge is 0.412 e. The highest BCUT2D eigenvalue weighted by Crippen LogP contribution is 2.44. The average Bonchev–Trinajstić information content (AvgIpc) is 2.54. The van der Waals surface area contributed by atoms with E-state index in [0.717, 1.165) is 24.7 Å². The second-order valence-electron chi connectivity index (χ2n) is 8.12. The van der Waals surface area contributed by atoms with Crippen molar-refractivity contribution in [1.29, 1.82) is 0 Å². The molecule has 0 aromatic rings. The van der Waals surface area contributed by atoms with Crippen LogP contribution in [0.25, 0.3) is 0 Å². The second kappa shape index (κ2) is 8.71. The summed E-state index contributed by atoms with van der Waals surface area (Å²) in [4.78, 5) is 0. The molecule has 0 aromatic heterocycles. The summed E-state index contributed by atoms with van der Waals surface area (Å²) in [5, 5.41) is 0. The Morgan fingerprint density at radius 2 is 1.46 bits per heavy atom. The topological polar surface area (TPSA) is 0 Å². The standard InChI is InChI=1S/C20H32F4/c1-3-4-14(2)15-5-7-16(8-6-15)17-9-11-18(12-10-17)19(21)13-20(22,23)24/h13-18H,3-12H2,1-2H3/b19-13-. The molecule has 0 aliphatic heterocycles. The molecule has 0 radical (unpaired) electrons. The van der Waals surface area contributed by atoms with Crippen LogP contribution in [-0.2, 0) is 0 Å². The summed E-state index contributed by atoms with van der Waals surface area (Å²) < 4.78 is 50.5. The van der Waals surface area contributed by atoms with E-state index in [2.05, 4.69) is 13.8 Å². The molecule has 0 N–H and O–H groups in total. The van der Waals surface area contributed by atoms with E-state index in [1.165, 1.54) is 38.5 Å².